The number of nitrogens with zero attached hydrogens (tertiary/aromatic N) is 4. The number of pyridine rings is 1. The molecule has 1 aliphatic heterocycles. The monoisotopic (exact) mass is 327 g/mol. The van der Waals surface area contributed by atoms with Gasteiger partial charge in [0.1, 0.15) is 11.6 Å². The standard InChI is InChI=1S/C18H25N5O/c1-14-21-16(4-7-19)11-18(22-14)23-9-5-17(6-10-23)24-13-15-3-2-8-20-12-15/h2-3,8,11-12,17H,4-7,9-10,13,19H2,1H3. The number of hydrogen-bond acceptors (Lipinski definition) is 6. The van der Waals surface area contributed by atoms with Crippen molar-refractivity contribution in [1.29, 1.82) is 0 Å². The van der Waals surface area contributed by atoms with Crippen molar-refractivity contribution >= 4 is 5.82 Å². The van der Waals surface area contributed by atoms with E-state index in [4.69, 9.17) is 10.5 Å². The molecule has 2 aromatic heterocycles. The largest absolute Gasteiger partial charge is 0.373 e. The number of ether oxygens (including phenoxy) is 1. The molecule has 0 radical (unpaired) electrons. The lowest BCUT2D eigenvalue weighted by molar-refractivity contribution is 0.0249. The highest BCUT2D eigenvalue weighted by Crippen LogP contribution is 2.21. The van der Waals surface area contributed by atoms with Crippen LogP contribution in [0, 0.1) is 6.92 Å². The predicted octanol–water partition coefficient (Wildman–Crippen LogP) is 1.87. The maximum absolute atomic E-state index is 6.02. The van der Waals surface area contributed by atoms with Gasteiger partial charge in [-0.15, -0.1) is 0 Å². The first-order chi connectivity index (χ1) is 11.7. The number of rotatable bonds is 6. The molecule has 3 rings (SSSR count). The fraction of sp³-hybridized carbons (Fsp3) is 0.500. The molecular formula is C18H25N5O. The van der Waals surface area contributed by atoms with Gasteiger partial charge in [0, 0.05) is 43.7 Å². The summed E-state index contributed by atoms with van der Waals surface area (Å²) < 4.78 is 6.02. The topological polar surface area (TPSA) is 77.2 Å². The van der Waals surface area contributed by atoms with E-state index in [-0.39, 0.29) is 0 Å². The smallest absolute Gasteiger partial charge is 0.132 e. The number of aryl methyl sites for hydroxylation is 1. The molecule has 6 heteroatoms. The molecule has 2 N–H and O–H groups in total. The summed E-state index contributed by atoms with van der Waals surface area (Å²) in [5.41, 5.74) is 7.79. The van der Waals surface area contributed by atoms with Gasteiger partial charge in [-0.1, -0.05) is 6.07 Å². The molecule has 0 spiro atoms. The van der Waals surface area contributed by atoms with Crippen LogP contribution in [0.5, 0.6) is 0 Å². The van der Waals surface area contributed by atoms with Crippen molar-refractivity contribution in [3.05, 3.63) is 47.7 Å². The minimum atomic E-state index is 0.299. The zero-order chi connectivity index (χ0) is 16.8. The van der Waals surface area contributed by atoms with E-state index in [1.54, 1.807) is 6.20 Å². The van der Waals surface area contributed by atoms with Crippen LogP contribution < -0.4 is 10.6 Å². The molecule has 0 atom stereocenters. The highest BCUT2D eigenvalue weighted by molar-refractivity contribution is 5.40. The van der Waals surface area contributed by atoms with Crippen molar-refractivity contribution in [2.24, 2.45) is 5.73 Å². The van der Waals surface area contributed by atoms with Crippen LogP contribution in [0.25, 0.3) is 0 Å². The summed E-state index contributed by atoms with van der Waals surface area (Å²) >= 11 is 0. The molecule has 1 fully saturated rings. The second-order valence-electron chi connectivity index (χ2n) is 6.16. The summed E-state index contributed by atoms with van der Waals surface area (Å²) in [5, 5.41) is 0. The number of anilines is 1. The average Bonchev–Trinajstić information content (AvgIpc) is 2.61. The first-order valence-corrected chi connectivity index (χ1v) is 8.54. The fourth-order valence-corrected chi connectivity index (χ4v) is 3.00. The van der Waals surface area contributed by atoms with Crippen LogP contribution in [0.3, 0.4) is 0 Å². The van der Waals surface area contributed by atoms with E-state index in [9.17, 15) is 0 Å². The van der Waals surface area contributed by atoms with E-state index in [1.807, 2.05) is 25.3 Å². The minimum Gasteiger partial charge on any atom is -0.373 e. The van der Waals surface area contributed by atoms with Crippen molar-refractivity contribution < 1.29 is 4.74 Å². The maximum Gasteiger partial charge on any atom is 0.132 e. The van der Waals surface area contributed by atoms with Gasteiger partial charge in [0.15, 0.2) is 0 Å². The van der Waals surface area contributed by atoms with Gasteiger partial charge in [-0.05, 0) is 37.9 Å². The first kappa shape index (κ1) is 16.8. The number of aromatic nitrogens is 3. The molecule has 0 bridgehead atoms. The van der Waals surface area contributed by atoms with Crippen molar-refractivity contribution in [3.8, 4) is 0 Å². The number of piperidine rings is 1. The Kier molecular flexibility index (Phi) is 5.72. The molecular weight excluding hydrogens is 302 g/mol. The molecule has 0 unspecified atom stereocenters. The predicted molar refractivity (Wildman–Crippen MR) is 93.8 cm³/mol. The third kappa shape index (κ3) is 4.49. The summed E-state index contributed by atoms with van der Waals surface area (Å²) in [6.45, 7) is 5.09. The summed E-state index contributed by atoms with van der Waals surface area (Å²) in [6.07, 6.45) is 6.75. The summed E-state index contributed by atoms with van der Waals surface area (Å²) in [4.78, 5) is 15.5. The Labute approximate surface area is 143 Å². The highest BCUT2D eigenvalue weighted by atomic mass is 16.5. The van der Waals surface area contributed by atoms with Crippen LogP contribution in [-0.2, 0) is 17.8 Å². The quantitative estimate of drug-likeness (QED) is 0.873. The Morgan fingerprint density at radius 1 is 1.29 bits per heavy atom. The molecule has 0 aliphatic carbocycles. The van der Waals surface area contributed by atoms with E-state index in [1.165, 1.54) is 0 Å². The van der Waals surface area contributed by atoms with Gasteiger partial charge in [0.05, 0.1) is 12.7 Å². The summed E-state index contributed by atoms with van der Waals surface area (Å²) in [5.74, 6) is 1.82. The van der Waals surface area contributed by atoms with Crippen LogP contribution in [0.15, 0.2) is 30.6 Å². The molecule has 3 heterocycles. The lowest BCUT2D eigenvalue weighted by atomic mass is 10.1. The van der Waals surface area contributed by atoms with Crippen molar-refractivity contribution in [2.45, 2.75) is 38.9 Å². The first-order valence-electron chi connectivity index (χ1n) is 8.54. The molecule has 0 aromatic carbocycles. The molecule has 1 saturated heterocycles. The zero-order valence-electron chi connectivity index (χ0n) is 14.2. The molecule has 0 amide bonds. The van der Waals surface area contributed by atoms with E-state index in [2.05, 4.69) is 25.9 Å². The SMILES string of the molecule is Cc1nc(CCN)cc(N2CCC(OCc3cccnc3)CC2)n1. The van der Waals surface area contributed by atoms with Crippen molar-refractivity contribution in [2.75, 3.05) is 24.5 Å². The second-order valence-corrected chi connectivity index (χ2v) is 6.16. The van der Waals surface area contributed by atoms with Crippen LogP contribution in [-0.4, -0.2) is 40.7 Å². The Morgan fingerprint density at radius 2 is 2.12 bits per heavy atom. The third-order valence-electron chi connectivity index (χ3n) is 4.25. The molecule has 128 valence electrons. The number of nitrogens with two attached hydrogens (primary N) is 1. The molecule has 24 heavy (non-hydrogen) atoms. The van der Waals surface area contributed by atoms with Gasteiger partial charge in [-0.3, -0.25) is 4.98 Å². The normalized spacial score (nSPS) is 15.7. The van der Waals surface area contributed by atoms with E-state index in [0.29, 0.717) is 19.3 Å². The van der Waals surface area contributed by atoms with Gasteiger partial charge < -0.3 is 15.4 Å². The zero-order valence-corrected chi connectivity index (χ0v) is 14.2. The summed E-state index contributed by atoms with van der Waals surface area (Å²) in [6, 6.07) is 6.05. The van der Waals surface area contributed by atoms with Gasteiger partial charge in [0.2, 0.25) is 0 Å². The van der Waals surface area contributed by atoms with Crippen LogP contribution >= 0.6 is 0 Å². The van der Waals surface area contributed by atoms with Crippen LogP contribution in [0.4, 0.5) is 5.82 Å². The van der Waals surface area contributed by atoms with Gasteiger partial charge in [-0.25, -0.2) is 9.97 Å². The number of hydrogen-bond donors (Lipinski definition) is 1. The second kappa shape index (κ2) is 8.17. The van der Waals surface area contributed by atoms with Crippen molar-refractivity contribution in [3.63, 3.8) is 0 Å². The molecule has 1 aliphatic rings. The molecule has 6 nitrogen and oxygen atoms in total. The minimum absolute atomic E-state index is 0.299. The van der Waals surface area contributed by atoms with E-state index < -0.39 is 0 Å². The van der Waals surface area contributed by atoms with Crippen LogP contribution in [0.1, 0.15) is 29.9 Å². The van der Waals surface area contributed by atoms with Gasteiger partial charge in [-0.2, -0.15) is 0 Å². The fourth-order valence-electron chi connectivity index (χ4n) is 3.00. The maximum atomic E-state index is 6.02. The Balaban J connectivity index is 1.53. The lowest BCUT2D eigenvalue weighted by Gasteiger charge is -2.33. The average molecular weight is 327 g/mol. The Hall–Kier alpha value is -2.05. The third-order valence-corrected chi connectivity index (χ3v) is 4.25. The highest BCUT2D eigenvalue weighted by Gasteiger charge is 2.21. The Bertz CT molecular complexity index is 641. The van der Waals surface area contributed by atoms with E-state index >= 15 is 0 Å². The summed E-state index contributed by atoms with van der Waals surface area (Å²) in [7, 11) is 0. The van der Waals surface area contributed by atoms with Crippen molar-refractivity contribution in [1.82, 2.24) is 15.0 Å². The van der Waals surface area contributed by atoms with E-state index in [0.717, 1.165) is 55.3 Å². The molecule has 0 saturated carbocycles. The lowest BCUT2D eigenvalue weighted by Crippen LogP contribution is -2.37. The van der Waals surface area contributed by atoms with Crippen LogP contribution in [0.2, 0.25) is 0 Å². The van der Waals surface area contributed by atoms with Gasteiger partial charge >= 0.3 is 0 Å². The molecule has 2 aromatic rings. The van der Waals surface area contributed by atoms with Gasteiger partial charge in [0.25, 0.3) is 0 Å². The Morgan fingerprint density at radius 3 is 2.83 bits per heavy atom.